The van der Waals surface area contributed by atoms with E-state index in [0.29, 0.717) is 10.7 Å². The van der Waals surface area contributed by atoms with Crippen molar-refractivity contribution in [3.63, 3.8) is 0 Å². The van der Waals surface area contributed by atoms with Crippen molar-refractivity contribution in [3.8, 4) is 0 Å². The van der Waals surface area contributed by atoms with Crippen LogP contribution in [-0.4, -0.2) is 27.3 Å². The highest BCUT2D eigenvalue weighted by Gasteiger charge is 2.10. The van der Waals surface area contributed by atoms with Crippen molar-refractivity contribution >= 4 is 35.1 Å². The maximum atomic E-state index is 11.7. The molecule has 20 heavy (non-hydrogen) atoms. The van der Waals surface area contributed by atoms with Gasteiger partial charge in [-0.1, -0.05) is 17.7 Å². The molecular weight excluding hydrogens is 284 g/mol. The monoisotopic (exact) mass is 294 g/mol. The van der Waals surface area contributed by atoms with E-state index in [-0.39, 0.29) is 11.5 Å². The van der Waals surface area contributed by atoms with Gasteiger partial charge in [-0.25, -0.2) is 9.59 Å². The first-order valence-corrected chi connectivity index (χ1v) is 5.96. The molecule has 0 atom stereocenters. The quantitative estimate of drug-likeness (QED) is 0.698. The summed E-state index contributed by atoms with van der Waals surface area (Å²) in [7, 11) is 0. The zero-order chi connectivity index (χ0) is 14.7. The summed E-state index contributed by atoms with van der Waals surface area (Å²) in [6.45, 7) is 1.85. The van der Waals surface area contributed by atoms with Crippen molar-refractivity contribution in [2.24, 2.45) is 0 Å². The SMILES string of the molecule is Cc1ccc(NC(=O)Nc2cc(C(=O)O)[nH]n2)cc1Cl. The molecule has 0 spiro atoms. The number of nitrogens with one attached hydrogen (secondary N) is 3. The average molecular weight is 295 g/mol. The van der Waals surface area contributed by atoms with Gasteiger partial charge in [0.1, 0.15) is 5.69 Å². The smallest absolute Gasteiger partial charge is 0.353 e. The fraction of sp³-hybridized carbons (Fsp3) is 0.0833. The Morgan fingerprint density at radius 3 is 2.65 bits per heavy atom. The van der Waals surface area contributed by atoms with E-state index in [1.54, 1.807) is 18.2 Å². The summed E-state index contributed by atoms with van der Waals surface area (Å²) in [5, 5.41) is 20.1. The first kappa shape index (κ1) is 13.9. The highest BCUT2D eigenvalue weighted by atomic mass is 35.5. The number of halogens is 1. The number of anilines is 2. The molecule has 2 aromatic rings. The van der Waals surface area contributed by atoms with Crippen LogP contribution in [0.15, 0.2) is 24.3 Å². The Morgan fingerprint density at radius 1 is 1.30 bits per heavy atom. The number of H-pyrrole nitrogens is 1. The van der Waals surface area contributed by atoms with E-state index in [9.17, 15) is 9.59 Å². The molecule has 0 unspecified atom stereocenters. The van der Waals surface area contributed by atoms with Crippen LogP contribution in [-0.2, 0) is 0 Å². The third kappa shape index (κ3) is 3.27. The van der Waals surface area contributed by atoms with Crippen LogP contribution in [0, 0.1) is 6.92 Å². The van der Waals surface area contributed by atoms with Gasteiger partial charge in [-0.2, -0.15) is 5.10 Å². The molecule has 1 aromatic heterocycles. The van der Waals surface area contributed by atoms with Gasteiger partial charge in [-0.05, 0) is 24.6 Å². The van der Waals surface area contributed by atoms with Crippen LogP contribution >= 0.6 is 11.6 Å². The molecule has 0 fully saturated rings. The number of nitrogens with zero attached hydrogens (tertiary/aromatic N) is 1. The van der Waals surface area contributed by atoms with Gasteiger partial charge in [0, 0.05) is 16.8 Å². The second-order valence-electron chi connectivity index (χ2n) is 4.02. The van der Waals surface area contributed by atoms with Crippen molar-refractivity contribution < 1.29 is 14.7 Å². The normalized spacial score (nSPS) is 10.1. The topological polar surface area (TPSA) is 107 Å². The maximum absolute atomic E-state index is 11.7. The van der Waals surface area contributed by atoms with Crippen molar-refractivity contribution in [2.75, 3.05) is 10.6 Å². The fourth-order valence-electron chi connectivity index (χ4n) is 1.44. The first-order chi connectivity index (χ1) is 9.45. The van der Waals surface area contributed by atoms with Crippen LogP contribution in [0.2, 0.25) is 5.02 Å². The van der Waals surface area contributed by atoms with Gasteiger partial charge in [0.05, 0.1) is 0 Å². The minimum Gasteiger partial charge on any atom is -0.477 e. The lowest BCUT2D eigenvalue weighted by Gasteiger charge is -2.06. The summed E-state index contributed by atoms with van der Waals surface area (Å²) in [4.78, 5) is 22.3. The summed E-state index contributed by atoms with van der Waals surface area (Å²) in [6, 6.07) is 5.75. The number of benzene rings is 1. The summed E-state index contributed by atoms with van der Waals surface area (Å²) in [5.41, 5.74) is 1.31. The third-order valence-electron chi connectivity index (χ3n) is 2.48. The van der Waals surface area contributed by atoms with Crippen LogP contribution in [0.25, 0.3) is 0 Å². The van der Waals surface area contributed by atoms with Crippen molar-refractivity contribution in [1.82, 2.24) is 10.2 Å². The molecule has 2 amide bonds. The molecule has 7 nitrogen and oxygen atoms in total. The lowest BCUT2D eigenvalue weighted by molar-refractivity contribution is 0.0690. The number of aryl methyl sites for hydroxylation is 1. The first-order valence-electron chi connectivity index (χ1n) is 5.58. The lowest BCUT2D eigenvalue weighted by Crippen LogP contribution is -2.19. The van der Waals surface area contributed by atoms with Gasteiger partial charge in [-0.3, -0.25) is 10.4 Å². The Labute approximate surface area is 119 Å². The Kier molecular flexibility index (Phi) is 3.90. The number of hydrogen-bond acceptors (Lipinski definition) is 3. The molecule has 0 aliphatic carbocycles. The molecule has 0 bridgehead atoms. The molecule has 4 N–H and O–H groups in total. The van der Waals surface area contributed by atoms with E-state index >= 15 is 0 Å². The van der Waals surface area contributed by atoms with E-state index in [1.807, 2.05) is 6.92 Å². The number of aromatic nitrogens is 2. The van der Waals surface area contributed by atoms with Crippen molar-refractivity contribution in [1.29, 1.82) is 0 Å². The number of rotatable bonds is 3. The van der Waals surface area contributed by atoms with Crippen LogP contribution in [0.5, 0.6) is 0 Å². The van der Waals surface area contributed by atoms with Gasteiger partial charge in [0.25, 0.3) is 0 Å². The second-order valence-corrected chi connectivity index (χ2v) is 4.42. The molecule has 2 rings (SSSR count). The van der Waals surface area contributed by atoms with E-state index in [2.05, 4.69) is 20.8 Å². The summed E-state index contributed by atoms with van der Waals surface area (Å²) in [5.74, 6) is -1.05. The number of carboxylic acids is 1. The number of carbonyl (C=O) groups excluding carboxylic acids is 1. The van der Waals surface area contributed by atoms with Crippen LogP contribution in [0.3, 0.4) is 0 Å². The Morgan fingerprint density at radius 2 is 2.05 bits per heavy atom. The van der Waals surface area contributed by atoms with Gasteiger partial charge < -0.3 is 10.4 Å². The average Bonchev–Trinajstić information content (AvgIpc) is 2.82. The molecule has 0 aliphatic rings. The number of aromatic amines is 1. The molecule has 104 valence electrons. The predicted molar refractivity (Wildman–Crippen MR) is 74.4 cm³/mol. The van der Waals surface area contributed by atoms with Gasteiger partial charge >= 0.3 is 12.0 Å². The standard InChI is InChI=1S/C12H11ClN4O3/c1-6-2-3-7(4-8(6)13)14-12(20)15-10-5-9(11(18)19)16-17-10/h2-5H,1H3,(H,18,19)(H3,14,15,16,17,20). The number of carbonyl (C=O) groups is 2. The van der Waals surface area contributed by atoms with Crippen LogP contribution < -0.4 is 10.6 Å². The third-order valence-corrected chi connectivity index (χ3v) is 2.89. The molecule has 0 radical (unpaired) electrons. The Balaban J connectivity index is 2.01. The van der Waals surface area contributed by atoms with E-state index in [1.165, 1.54) is 6.07 Å². The lowest BCUT2D eigenvalue weighted by atomic mass is 10.2. The van der Waals surface area contributed by atoms with Gasteiger partial charge in [0.2, 0.25) is 0 Å². The highest BCUT2D eigenvalue weighted by Crippen LogP contribution is 2.20. The van der Waals surface area contributed by atoms with Gasteiger partial charge in [0.15, 0.2) is 5.82 Å². The zero-order valence-electron chi connectivity index (χ0n) is 10.4. The van der Waals surface area contributed by atoms with Crippen LogP contribution in [0.1, 0.15) is 16.1 Å². The largest absolute Gasteiger partial charge is 0.477 e. The minimum atomic E-state index is -1.16. The molecule has 1 aromatic carbocycles. The number of amides is 2. The minimum absolute atomic E-state index is 0.109. The number of aromatic carboxylic acids is 1. The number of hydrogen-bond donors (Lipinski definition) is 4. The summed E-state index contributed by atoms with van der Waals surface area (Å²) >= 11 is 5.94. The molecule has 0 saturated heterocycles. The van der Waals surface area contributed by atoms with Gasteiger partial charge in [-0.15, -0.1) is 0 Å². The number of carboxylic acid groups (broad SMARTS) is 1. The second kappa shape index (κ2) is 5.62. The van der Waals surface area contributed by atoms with E-state index in [0.717, 1.165) is 5.56 Å². The predicted octanol–water partition coefficient (Wildman–Crippen LogP) is 2.71. The van der Waals surface area contributed by atoms with E-state index < -0.39 is 12.0 Å². The molecule has 1 heterocycles. The van der Waals surface area contributed by atoms with E-state index in [4.69, 9.17) is 16.7 Å². The maximum Gasteiger partial charge on any atom is 0.353 e. The molecule has 0 saturated carbocycles. The highest BCUT2D eigenvalue weighted by molar-refractivity contribution is 6.31. The fourth-order valence-corrected chi connectivity index (χ4v) is 1.63. The molecule has 8 heteroatoms. The summed E-state index contributed by atoms with van der Waals surface area (Å²) < 4.78 is 0. The zero-order valence-corrected chi connectivity index (χ0v) is 11.2. The van der Waals surface area contributed by atoms with Crippen LogP contribution in [0.4, 0.5) is 16.3 Å². The Hall–Kier alpha value is -2.54. The van der Waals surface area contributed by atoms with Crippen molar-refractivity contribution in [2.45, 2.75) is 6.92 Å². The Bertz CT molecular complexity index is 668. The molecule has 0 aliphatic heterocycles. The summed E-state index contributed by atoms with van der Waals surface area (Å²) in [6.07, 6.45) is 0. The number of urea groups is 1. The van der Waals surface area contributed by atoms with Crippen molar-refractivity contribution in [3.05, 3.63) is 40.5 Å². The molecular formula is C12H11ClN4O3.